The summed E-state index contributed by atoms with van der Waals surface area (Å²) < 4.78 is 19.8. The van der Waals surface area contributed by atoms with Gasteiger partial charge in [-0.3, -0.25) is 0 Å². The Labute approximate surface area is 181 Å². The largest absolute Gasteiger partial charge is 0.378 e. The fraction of sp³-hybridized carbons (Fsp3) is 0.214. The van der Waals surface area contributed by atoms with Gasteiger partial charge in [-0.1, -0.05) is 60.7 Å². The lowest BCUT2D eigenvalue weighted by molar-refractivity contribution is -0.0381. The fourth-order valence-corrected chi connectivity index (χ4v) is 5.32. The van der Waals surface area contributed by atoms with Crippen molar-refractivity contribution >= 4 is 16.5 Å². The number of anilines is 1. The van der Waals surface area contributed by atoms with Crippen molar-refractivity contribution in [2.24, 2.45) is 5.92 Å². The zero-order chi connectivity index (χ0) is 20.8. The molecule has 31 heavy (non-hydrogen) atoms. The Morgan fingerprint density at radius 2 is 1.71 bits per heavy atom. The SMILES string of the molecule is Fc1ccc([C@H]2Nc3ccc(-c4cccc5ccccc45)cc3[C@H]3OCCC[C@@H]23)cc1. The number of hydrogen-bond donors (Lipinski definition) is 1. The smallest absolute Gasteiger partial charge is 0.123 e. The average Bonchev–Trinajstić information content (AvgIpc) is 2.83. The van der Waals surface area contributed by atoms with Crippen LogP contribution in [0.3, 0.4) is 0 Å². The quantitative estimate of drug-likeness (QED) is 0.376. The molecule has 1 saturated heterocycles. The van der Waals surface area contributed by atoms with Gasteiger partial charge in [-0.05, 0) is 64.6 Å². The summed E-state index contributed by atoms with van der Waals surface area (Å²) in [6, 6.07) is 28.7. The van der Waals surface area contributed by atoms with Crippen LogP contribution in [0.25, 0.3) is 21.9 Å². The average molecular weight is 410 g/mol. The minimum Gasteiger partial charge on any atom is -0.378 e. The van der Waals surface area contributed by atoms with Gasteiger partial charge in [0.15, 0.2) is 0 Å². The molecule has 0 unspecified atom stereocenters. The lowest BCUT2D eigenvalue weighted by Gasteiger charge is -2.43. The first-order valence-corrected chi connectivity index (χ1v) is 11.0. The maximum Gasteiger partial charge on any atom is 0.123 e. The molecule has 0 amide bonds. The Kier molecular flexibility index (Phi) is 4.50. The normalized spacial score (nSPS) is 22.4. The highest BCUT2D eigenvalue weighted by Gasteiger charge is 2.39. The minimum absolute atomic E-state index is 0.0509. The van der Waals surface area contributed by atoms with Gasteiger partial charge in [-0.15, -0.1) is 0 Å². The van der Waals surface area contributed by atoms with E-state index >= 15 is 0 Å². The number of nitrogens with one attached hydrogen (secondary N) is 1. The lowest BCUT2D eigenvalue weighted by atomic mass is 9.77. The molecule has 3 heteroatoms. The van der Waals surface area contributed by atoms with Gasteiger partial charge in [-0.2, -0.15) is 0 Å². The van der Waals surface area contributed by atoms with Crippen molar-refractivity contribution < 1.29 is 9.13 Å². The molecule has 0 bridgehead atoms. The molecule has 2 aliphatic heterocycles. The van der Waals surface area contributed by atoms with Crippen LogP contribution in [-0.2, 0) is 4.74 Å². The van der Waals surface area contributed by atoms with E-state index < -0.39 is 0 Å². The first-order chi connectivity index (χ1) is 15.3. The second-order valence-corrected chi connectivity index (χ2v) is 8.60. The molecule has 3 atom stereocenters. The van der Waals surface area contributed by atoms with Gasteiger partial charge < -0.3 is 10.1 Å². The Morgan fingerprint density at radius 3 is 2.61 bits per heavy atom. The minimum atomic E-state index is -0.198. The summed E-state index contributed by atoms with van der Waals surface area (Å²) in [5.74, 6) is 0.130. The van der Waals surface area contributed by atoms with E-state index in [9.17, 15) is 4.39 Å². The molecule has 0 saturated carbocycles. The highest BCUT2D eigenvalue weighted by molar-refractivity contribution is 5.97. The third-order valence-corrected chi connectivity index (χ3v) is 6.80. The van der Waals surface area contributed by atoms with Crippen LogP contribution in [0, 0.1) is 11.7 Å². The zero-order valence-corrected chi connectivity index (χ0v) is 17.2. The van der Waals surface area contributed by atoms with Crippen LogP contribution < -0.4 is 5.32 Å². The molecule has 0 spiro atoms. The number of benzene rings is 4. The molecule has 0 radical (unpaired) electrons. The lowest BCUT2D eigenvalue weighted by Crippen LogP contribution is -2.36. The van der Waals surface area contributed by atoms with Crippen LogP contribution in [0.15, 0.2) is 84.9 Å². The summed E-state index contributed by atoms with van der Waals surface area (Å²) in [5.41, 5.74) is 5.92. The molecule has 2 aliphatic rings. The van der Waals surface area contributed by atoms with E-state index in [0.717, 1.165) is 30.7 Å². The van der Waals surface area contributed by atoms with E-state index in [-0.39, 0.29) is 18.0 Å². The van der Waals surface area contributed by atoms with Crippen molar-refractivity contribution in [3.8, 4) is 11.1 Å². The molecule has 1 N–H and O–H groups in total. The number of fused-ring (bicyclic) bond motifs is 4. The van der Waals surface area contributed by atoms with Crippen LogP contribution in [0.5, 0.6) is 0 Å². The third-order valence-electron chi connectivity index (χ3n) is 6.80. The predicted octanol–water partition coefficient (Wildman–Crippen LogP) is 7.28. The van der Waals surface area contributed by atoms with Crippen LogP contribution >= 0.6 is 0 Å². The van der Waals surface area contributed by atoms with Crippen molar-refractivity contribution in [1.82, 2.24) is 0 Å². The van der Waals surface area contributed by atoms with Crippen molar-refractivity contribution in [2.75, 3.05) is 11.9 Å². The summed E-state index contributed by atoms with van der Waals surface area (Å²) >= 11 is 0. The van der Waals surface area contributed by atoms with Gasteiger partial charge in [0.1, 0.15) is 5.82 Å². The van der Waals surface area contributed by atoms with Crippen molar-refractivity contribution in [2.45, 2.75) is 25.0 Å². The van der Waals surface area contributed by atoms with Gasteiger partial charge in [-0.25, -0.2) is 4.39 Å². The molecule has 4 aromatic carbocycles. The number of rotatable bonds is 2. The number of ether oxygens (including phenoxy) is 1. The van der Waals surface area contributed by atoms with Gasteiger partial charge >= 0.3 is 0 Å². The molecule has 0 aromatic heterocycles. The molecular formula is C28H24FNO. The highest BCUT2D eigenvalue weighted by atomic mass is 19.1. The van der Waals surface area contributed by atoms with E-state index in [1.807, 2.05) is 12.1 Å². The van der Waals surface area contributed by atoms with Crippen LogP contribution in [0.1, 0.15) is 36.1 Å². The van der Waals surface area contributed by atoms with E-state index in [4.69, 9.17) is 4.74 Å². The van der Waals surface area contributed by atoms with Gasteiger partial charge in [0.2, 0.25) is 0 Å². The molecule has 4 aromatic rings. The summed E-state index contributed by atoms with van der Waals surface area (Å²) in [6.07, 6.45) is 2.20. The maximum atomic E-state index is 13.5. The first kappa shape index (κ1) is 18.6. The number of halogens is 1. The molecule has 2 heterocycles. The van der Waals surface area contributed by atoms with Gasteiger partial charge in [0.25, 0.3) is 0 Å². The summed E-state index contributed by atoms with van der Waals surface area (Å²) in [7, 11) is 0. The summed E-state index contributed by atoms with van der Waals surface area (Å²) in [5, 5.41) is 6.26. The topological polar surface area (TPSA) is 21.3 Å². The molecular weight excluding hydrogens is 385 g/mol. The number of hydrogen-bond acceptors (Lipinski definition) is 2. The van der Waals surface area contributed by atoms with E-state index in [1.54, 1.807) is 12.1 Å². The Hall–Kier alpha value is -3.17. The second-order valence-electron chi connectivity index (χ2n) is 8.60. The van der Waals surface area contributed by atoms with Gasteiger partial charge in [0, 0.05) is 23.8 Å². The summed E-state index contributed by atoms with van der Waals surface area (Å²) in [6.45, 7) is 0.787. The van der Waals surface area contributed by atoms with Crippen LogP contribution in [-0.4, -0.2) is 6.61 Å². The molecule has 2 nitrogen and oxygen atoms in total. The van der Waals surface area contributed by atoms with Crippen LogP contribution in [0.2, 0.25) is 0 Å². The Balaban J connectivity index is 1.45. The highest BCUT2D eigenvalue weighted by Crippen LogP contribution is 2.50. The maximum absolute atomic E-state index is 13.5. The van der Waals surface area contributed by atoms with Crippen LogP contribution in [0.4, 0.5) is 10.1 Å². The second kappa shape index (κ2) is 7.51. The monoisotopic (exact) mass is 409 g/mol. The van der Waals surface area contributed by atoms with Crippen molar-refractivity contribution in [3.63, 3.8) is 0 Å². The fourth-order valence-electron chi connectivity index (χ4n) is 5.32. The van der Waals surface area contributed by atoms with Crippen molar-refractivity contribution in [3.05, 3.63) is 102 Å². The first-order valence-electron chi connectivity index (χ1n) is 11.0. The molecule has 0 aliphatic carbocycles. The van der Waals surface area contributed by atoms with Crippen molar-refractivity contribution in [1.29, 1.82) is 0 Å². The predicted molar refractivity (Wildman–Crippen MR) is 124 cm³/mol. The molecule has 154 valence electrons. The molecule has 6 rings (SSSR count). The third kappa shape index (κ3) is 3.21. The van der Waals surface area contributed by atoms with E-state index in [2.05, 4.69) is 66.0 Å². The molecule has 1 fully saturated rings. The Bertz CT molecular complexity index is 1240. The van der Waals surface area contributed by atoms with E-state index in [0.29, 0.717) is 5.92 Å². The zero-order valence-electron chi connectivity index (χ0n) is 17.2. The standard InChI is InChI=1S/C28H24FNO/c29-21-13-10-19(11-14-21)27-24-9-4-16-31-28(24)25-17-20(12-15-26(25)30-27)23-8-3-6-18-5-1-2-7-22(18)23/h1-3,5-8,10-15,17,24,27-28,30H,4,9,16H2/t24-,27+,28-/m0/s1. The summed E-state index contributed by atoms with van der Waals surface area (Å²) in [4.78, 5) is 0. The van der Waals surface area contributed by atoms with Gasteiger partial charge in [0.05, 0.1) is 12.1 Å². The Morgan fingerprint density at radius 1 is 0.871 bits per heavy atom. The van der Waals surface area contributed by atoms with E-state index in [1.165, 1.54) is 27.5 Å².